The van der Waals surface area contributed by atoms with E-state index in [0.29, 0.717) is 18.7 Å². The molecule has 0 saturated carbocycles. The van der Waals surface area contributed by atoms with Crippen LogP contribution in [0.1, 0.15) is 39.9 Å². The van der Waals surface area contributed by atoms with Crippen molar-refractivity contribution in [1.29, 1.82) is 0 Å². The first-order valence-corrected chi connectivity index (χ1v) is 12.3. The SMILES string of the molecule is Cc1ccc(S(=O)(=O)NCC2CCCN(C(=O)CNC(=O)c3cc(C)cc(C)c3)C2)cc1. The summed E-state index contributed by atoms with van der Waals surface area (Å²) in [7, 11) is -3.58. The van der Waals surface area contributed by atoms with E-state index in [1.807, 2.05) is 26.8 Å². The van der Waals surface area contributed by atoms with Gasteiger partial charge in [0.15, 0.2) is 0 Å². The van der Waals surface area contributed by atoms with Crippen LogP contribution in [0, 0.1) is 26.7 Å². The van der Waals surface area contributed by atoms with E-state index in [4.69, 9.17) is 0 Å². The summed E-state index contributed by atoms with van der Waals surface area (Å²) in [5, 5.41) is 2.71. The molecule has 1 aliphatic rings. The number of sulfonamides is 1. The number of hydrogen-bond acceptors (Lipinski definition) is 4. The van der Waals surface area contributed by atoms with Crippen molar-refractivity contribution in [1.82, 2.24) is 14.9 Å². The molecular formula is C24H31N3O4S. The molecule has 1 unspecified atom stereocenters. The maximum atomic E-state index is 12.6. The van der Waals surface area contributed by atoms with Crippen LogP contribution in [0.25, 0.3) is 0 Å². The molecule has 1 heterocycles. The number of piperidine rings is 1. The molecule has 2 aromatic carbocycles. The Morgan fingerprint density at radius 1 is 1.00 bits per heavy atom. The molecule has 0 bridgehead atoms. The van der Waals surface area contributed by atoms with Crippen LogP contribution in [0.3, 0.4) is 0 Å². The summed E-state index contributed by atoms with van der Waals surface area (Å²) in [4.78, 5) is 27.0. The Morgan fingerprint density at radius 3 is 2.31 bits per heavy atom. The second-order valence-electron chi connectivity index (χ2n) is 8.57. The van der Waals surface area contributed by atoms with Crippen molar-refractivity contribution in [3.8, 4) is 0 Å². The van der Waals surface area contributed by atoms with E-state index in [2.05, 4.69) is 10.0 Å². The first-order chi connectivity index (χ1) is 15.1. The molecule has 0 spiro atoms. The van der Waals surface area contributed by atoms with Crippen LogP contribution in [0.5, 0.6) is 0 Å². The molecular weight excluding hydrogens is 426 g/mol. The lowest BCUT2D eigenvalue weighted by molar-refractivity contribution is -0.131. The van der Waals surface area contributed by atoms with E-state index in [-0.39, 0.29) is 35.7 Å². The van der Waals surface area contributed by atoms with Crippen molar-refractivity contribution < 1.29 is 18.0 Å². The summed E-state index contributed by atoms with van der Waals surface area (Å²) < 4.78 is 27.7. The molecule has 2 N–H and O–H groups in total. The number of carbonyl (C=O) groups excluding carboxylic acids is 2. The second kappa shape index (κ2) is 10.3. The zero-order valence-corrected chi connectivity index (χ0v) is 19.7. The van der Waals surface area contributed by atoms with Crippen molar-refractivity contribution in [3.05, 3.63) is 64.7 Å². The number of likely N-dealkylation sites (tertiary alicyclic amines) is 1. The number of aryl methyl sites for hydroxylation is 3. The molecule has 3 rings (SSSR count). The quantitative estimate of drug-likeness (QED) is 0.668. The summed E-state index contributed by atoms with van der Waals surface area (Å²) in [6, 6.07) is 12.3. The van der Waals surface area contributed by atoms with E-state index in [1.54, 1.807) is 41.3 Å². The van der Waals surface area contributed by atoms with Gasteiger partial charge in [0, 0.05) is 25.2 Å². The Bertz CT molecular complexity index is 1060. The Kier molecular flexibility index (Phi) is 7.69. The molecule has 0 aliphatic carbocycles. The lowest BCUT2D eigenvalue weighted by Gasteiger charge is -2.33. The van der Waals surface area contributed by atoms with Crippen LogP contribution < -0.4 is 10.0 Å². The van der Waals surface area contributed by atoms with Crippen LogP contribution in [0.15, 0.2) is 47.4 Å². The summed E-state index contributed by atoms with van der Waals surface area (Å²) in [5.74, 6) is -0.401. The van der Waals surface area contributed by atoms with Gasteiger partial charge in [0.1, 0.15) is 0 Å². The Balaban J connectivity index is 1.51. The van der Waals surface area contributed by atoms with Crippen molar-refractivity contribution in [2.24, 2.45) is 5.92 Å². The van der Waals surface area contributed by atoms with Crippen LogP contribution in [0.2, 0.25) is 0 Å². The largest absolute Gasteiger partial charge is 0.343 e. The topological polar surface area (TPSA) is 95.6 Å². The molecule has 1 atom stereocenters. The zero-order chi connectivity index (χ0) is 23.3. The van der Waals surface area contributed by atoms with Crippen LogP contribution >= 0.6 is 0 Å². The number of nitrogens with zero attached hydrogens (tertiary/aromatic N) is 1. The Morgan fingerprint density at radius 2 is 1.66 bits per heavy atom. The molecule has 2 amide bonds. The third-order valence-electron chi connectivity index (χ3n) is 5.65. The predicted octanol–water partition coefficient (Wildman–Crippen LogP) is 2.56. The van der Waals surface area contributed by atoms with E-state index in [1.165, 1.54) is 0 Å². The number of amides is 2. The van der Waals surface area contributed by atoms with Crippen LogP contribution in [0.4, 0.5) is 0 Å². The van der Waals surface area contributed by atoms with Gasteiger partial charge in [-0.15, -0.1) is 0 Å². The van der Waals surface area contributed by atoms with Gasteiger partial charge in [-0.05, 0) is 63.8 Å². The minimum Gasteiger partial charge on any atom is -0.343 e. The molecule has 7 nitrogen and oxygen atoms in total. The summed E-state index contributed by atoms with van der Waals surface area (Å²) >= 11 is 0. The Hall–Kier alpha value is -2.71. The zero-order valence-electron chi connectivity index (χ0n) is 18.8. The third-order valence-corrected chi connectivity index (χ3v) is 7.09. The van der Waals surface area contributed by atoms with Crippen molar-refractivity contribution in [2.75, 3.05) is 26.2 Å². The van der Waals surface area contributed by atoms with E-state index < -0.39 is 10.0 Å². The molecule has 1 aliphatic heterocycles. The van der Waals surface area contributed by atoms with E-state index in [9.17, 15) is 18.0 Å². The average Bonchev–Trinajstić information content (AvgIpc) is 2.75. The summed E-state index contributed by atoms with van der Waals surface area (Å²) in [6.45, 7) is 7.03. The first kappa shape index (κ1) is 23.9. The highest BCUT2D eigenvalue weighted by molar-refractivity contribution is 7.89. The average molecular weight is 458 g/mol. The molecule has 8 heteroatoms. The summed E-state index contributed by atoms with van der Waals surface area (Å²) in [5.41, 5.74) is 3.52. The van der Waals surface area contributed by atoms with Gasteiger partial charge in [0.2, 0.25) is 15.9 Å². The highest BCUT2D eigenvalue weighted by Crippen LogP contribution is 2.17. The molecule has 1 saturated heterocycles. The summed E-state index contributed by atoms with van der Waals surface area (Å²) in [6.07, 6.45) is 1.64. The fraction of sp³-hybridized carbons (Fsp3) is 0.417. The normalized spacial score (nSPS) is 16.6. The standard InChI is InChI=1S/C24H31N3O4S/c1-17-6-8-22(9-7-17)32(30,31)26-14-20-5-4-10-27(16-20)23(28)15-25-24(29)21-12-18(2)11-19(3)13-21/h6-9,11-13,20,26H,4-5,10,14-16H2,1-3H3,(H,25,29). The number of carbonyl (C=O) groups is 2. The molecule has 0 aromatic heterocycles. The fourth-order valence-electron chi connectivity index (χ4n) is 3.96. The van der Waals surface area contributed by atoms with E-state index in [0.717, 1.165) is 29.5 Å². The van der Waals surface area contributed by atoms with Gasteiger partial charge in [0.25, 0.3) is 5.91 Å². The lowest BCUT2D eigenvalue weighted by Crippen LogP contribution is -2.47. The molecule has 1 fully saturated rings. The molecule has 0 radical (unpaired) electrons. The van der Waals surface area contributed by atoms with Crippen LogP contribution in [-0.2, 0) is 14.8 Å². The van der Waals surface area contributed by atoms with Gasteiger partial charge in [-0.3, -0.25) is 9.59 Å². The number of benzene rings is 2. The van der Waals surface area contributed by atoms with Crippen molar-refractivity contribution in [3.63, 3.8) is 0 Å². The van der Waals surface area contributed by atoms with Crippen LogP contribution in [-0.4, -0.2) is 51.3 Å². The maximum Gasteiger partial charge on any atom is 0.251 e. The van der Waals surface area contributed by atoms with Gasteiger partial charge < -0.3 is 10.2 Å². The fourth-order valence-corrected chi connectivity index (χ4v) is 5.08. The van der Waals surface area contributed by atoms with Crippen molar-refractivity contribution >= 4 is 21.8 Å². The molecule has 2 aromatic rings. The van der Waals surface area contributed by atoms with E-state index >= 15 is 0 Å². The molecule has 172 valence electrons. The first-order valence-electron chi connectivity index (χ1n) is 10.8. The second-order valence-corrected chi connectivity index (χ2v) is 10.3. The lowest BCUT2D eigenvalue weighted by atomic mass is 9.98. The highest BCUT2D eigenvalue weighted by atomic mass is 32.2. The monoisotopic (exact) mass is 457 g/mol. The van der Waals surface area contributed by atoms with Gasteiger partial charge in [-0.25, -0.2) is 13.1 Å². The Labute approximate surface area is 190 Å². The number of rotatable bonds is 7. The van der Waals surface area contributed by atoms with Gasteiger partial charge >= 0.3 is 0 Å². The highest BCUT2D eigenvalue weighted by Gasteiger charge is 2.25. The minimum absolute atomic E-state index is 0.0306. The van der Waals surface area contributed by atoms with Gasteiger partial charge in [-0.2, -0.15) is 0 Å². The third kappa shape index (κ3) is 6.40. The minimum atomic E-state index is -3.58. The number of hydrogen-bond donors (Lipinski definition) is 2. The number of nitrogens with one attached hydrogen (secondary N) is 2. The maximum absolute atomic E-state index is 12.6. The molecule has 32 heavy (non-hydrogen) atoms. The van der Waals surface area contributed by atoms with Gasteiger partial charge in [0.05, 0.1) is 11.4 Å². The van der Waals surface area contributed by atoms with Gasteiger partial charge in [-0.1, -0.05) is 34.9 Å². The predicted molar refractivity (Wildman–Crippen MR) is 124 cm³/mol. The smallest absolute Gasteiger partial charge is 0.251 e. The van der Waals surface area contributed by atoms with Crippen molar-refractivity contribution in [2.45, 2.75) is 38.5 Å².